The molecule has 0 aliphatic rings. The minimum absolute atomic E-state index is 0.127. The molecule has 0 bridgehead atoms. The normalized spacial score (nSPS) is 11.6. The van der Waals surface area contributed by atoms with Crippen LogP contribution >= 0.6 is 0 Å². The average Bonchev–Trinajstić information content (AvgIpc) is 2.55. The van der Waals surface area contributed by atoms with Crippen LogP contribution in [0.4, 0.5) is 10.6 Å². The van der Waals surface area contributed by atoms with Crippen molar-refractivity contribution >= 4 is 17.8 Å². The number of carbonyl (C=O) groups is 2. The standard InChI is InChI=1S/C18H21N3O3/c1-12(17(22)23)11-21(3)18(24)20-16-10-9-15(13(2)19-16)14-7-5-4-6-8-14/h4-10,12H,11H2,1-3H3,(H,22,23)(H,19,20,24). The van der Waals surface area contributed by atoms with Crippen LogP contribution in [0.1, 0.15) is 12.6 Å². The number of carboxylic acids is 1. The number of aromatic nitrogens is 1. The summed E-state index contributed by atoms with van der Waals surface area (Å²) in [6.45, 7) is 3.57. The first kappa shape index (κ1) is 17.5. The van der Waals surface area contributed by atoms with E-state index < -0.39 is 11.9 Å². The summed E-state index contributed by atoms with van der Waals surface area (Å²) >= 11 is 0. The van der Waals surface area contributed by atoms with Gasteiger partial charge in [-0.25, -0.2) is 9.78 Å². The number of aryl methyl sites for hydroxylation is 1. The molecule has 6 heteroatoms. The second-order valence-corrected chi connectivity index (χ2v) is 5.75. The summed E-state index contributed by atoms with van der Waals surface area (Å²) in [4.78, 5) is 28.7. The summed E-state index contributed by atoms with van der Waals surface area (Å²) in [6, 6.07) is 13.1. The quantitative estimate of drug-likeness (QED) is 0.883. The highest BCUT2D eigenvalue weighted by molar-refractivity contribution is 5.88. The molecule has 1 heterocycles. The van der Waals surface area contributed by atoms with Gasteiger partial charge in [0, 0.05) is 24.8 Å². The van der Waals surface area contributed by atoms with E-state index in [1.165, 1.54) is 4.90 Å². The summed E-state index contributed by atoms with van der Waals surface area (Å²) < 4.78 is 0. The lowest BCUT2D eigenvalue weighted by atomic mass is 10.0. The van der Waals surface area contributed by atoms with Gasteiger partial charge in [-0.3, -0.25) is 10.1 Å². The number of hydrogen-bond donors (Lipinski definition) is 2. The SMILES string of the molecule is Cc1nc(NC(=O)N(C)CC(C)C(=O)O)ccc1-c1ccccc1. The van der Waals surface area contributed by atoms with Gasteiger partial charge in [0.1, 0.15) is 5.82 Å². The van der Waals surface area contributed by atoms with Gasteiger partial charge in [0.25, 0.3) is 0 Å². The molecule has 0 fully saturated rings. The Bertz CT molecular complexity index is 732. The van der Waals surface area contributed by atoms with Crippen molar-refractivity contribution in [3.05, 3.63) is 48.2 Å². The smallest absolute Gasteiger partial charge is 0.322 e. The highest BCUT2D eigenvalue weighted by Gasteiger charge is 2.17. The van der Waals surface area contributed by atoms with E-state index >= 15 is 0 Å². The maximum atomic E-state index is 12.1. The van der Waals surface area contributed by atoms with Gasteiger partial charge in [-0.2, -0.15) is 0 Å². The Morgan fingerprint density at radius 1 is 1.21 bits per heavy atom. The Morgan fingerprint density at radius 2 is 1.88 bits per heavy atom. The molecular formula is C18H21N3O3. The third kappa shape index (κ3) is 4.32. The van der Waals surface area contributed by atoms with Crippen LogP contribution in [-0.2, 0) is 4.79 Å². The van der Waals surface area contributed by atoms with E-state index in [0.717, 1.165) is 16.8 Å². The number of carbonyl (C=O) groups excluding carboxylic acids is 1. The zero-order valence-electron chi connectivity index (χ0n) is 14.0. The molecule has 6 nitrogen and oxygen atoms in total. The number of nitrogens with zero attached hydrogens (tertiary/aromatic N) is 2. The van der Waals surface area contributed by atoms with Crippen LogP contribution in [0, 0.1) is 12.8 Å². The van der Waals surface area contributed by atoms with Gasteiger partial charge in [0.05, 0.1) is 5.92 Å². The van der Waals surface area contributed by atoms with Crippen LogP contribution in [0.3, 0.4) is 0 Å². The van der Waals surface area contributed by atoms with Crippen LogP contribution in [0.5, 0.6) is 0 Å². The van der Waals surface area contributed by atoms with Crippen molar-refractivity contribution in [1.82, 2.24) is 9.88 Å². The minimum atomic E-state index is -0.934. The predicted molar refractivity (Wildman–Crippen MR) is 92.9 cm³/mol. The van der Waals surface area contributed by atoms with Gasteiger partial charge in [-0.05, 0) is 24.6 Å². The first-order chi connectivity index (χ1) is 11.4. The number of carboxylic acid groups (broad SMARTS) is 1. The van der Waals surface area contributed by atoms with Gasteiger partial charge in [0.2, 0.25) is 0 Å². The van der Waals surface area contributed by atoms with E-state index in [0.29, 0.717) is 5.82 Å². The number of benzene rings is 1. The fourth-order valence-electron chi connectivity index (χ4n) is 2.33. The topological polar surface area (TPSA) is 82.5 Å². The van der Waals surface area contributed by atoms with Crippen molar-refractivity contribution in [2.24, 2.45) is 5.92 Å². The summed E-state index contributed by atoms with van der Waals surface area (Å²) in [5, 5.41) is 11.6. The van der Waals surface area contributed by atoms with Crippen molar-refractivity contribution in [3.8, 4) is 11.1 Å². The third-order valence-electron chi connectivity index (χ3n) is 3.72. The molecule has 1 aromatic carbocycles. The largest absolute Gasteiger partial charge is 0.481 e. The van der Waals surface area contributed by atoms with E-state index in [1.807, 2.05) is 43.3 Å². The molecule has 0 saturated heterocycles. The number of rotatable bonds is 5. The van der Waals surface area contributed by atoms with Crippen LogP contribution in [0.2, 0.25) is 0 Å². The lowest BCUT2D eigenvalue weighted by molar-refractivity contribution is -0.141. The number of pyridine rings is 1. The fourth-order valence-corrected chi connectivity index (χ4v) is 2.33. The molecule has 1 aromatic heterocycles. The zero-order valence-corrected chi connectivity index (χ0v) is 14.0. The summed E-state index contributed by atoms with van der Waals surface area (Å²) in [7, 11) is 1.56. The van der Waals surface area contributed by atoms with Crippen molar-refractivity contribution in [3.63, 3.8) is 0 Å². The molecule has 0 radical (unpaired) electrons. The molecule has 0 aliphatic carbocycles. The monoisotopic (exact) mass is 327 g/mol. The van der Waals surface area contributed by atoms with Crippen LogP contribution in [0.15, 0.2) is 42.5 Å². The Morgan fingerprint density at radius 3 is 2.46 bits per heavy atom. The van der Waals surface area contributed by atoms with E-state index in [1.54, 1.807) is 20.0 Å². The molecule has 2 N–H and O–H groups in total. The maximum absolute atomic E-state index is 12.1. The van der Waals surface area contributed by atoms with Gasteiger partial charge >= 0.3 is 12.0 Å². The van der Waals surface area contributed by atoms with Crippen molar-refractivity contribution in [2.45, 2.75) is 13.8 Å². The van der Waals surface area contributed by atoms with Crippen LogP contribution in [-0.4, -0.2) is 40.6 Å². The third-order valence-corrected chi connectivity index (χ3v) is 3.72. The minimum Gasteiger partial charge on any atom is -0.481 e. The molecule has 0 spiro atoms. The number of aliphatic carboxylic acids is 1. The second kappa shape index (κ2) is 7.59. The van der Waals surface area contributed by atoms with Gasteiger partial charge in [0.15, 0.2) is 0 Å². The van der Waals surface area contributed by atoms with Gasteiger partial charge in [-0.1, -0.05) is 37.3 Å². The fraction of sp³-hybridized carbons (Fsp3) is 0.278. The van der Waals surface area contributed by atoms with E-state index in [4.69, 9.17) is 5.11 Å². The zero-order chi connectivity index (χ0) is 17.7. The van der Waals surface area contributed by atoms with Crippen molar-refractivity contribution in [1.29, 1.82) is 0 Å². The maximum Gasteiger partial charge on any atom is 0.322 e. The Labute approximate surface area is 141 Å². The van der Waals surface area contributed by atoms with E-state index in [-0.39, 0.29) is 12.6 Å². The van der Waals surface area contributed by atoms with Crippen LogP contribution < -0.4 is 5.32 Å². The molecule has 2 aromatic rings. The first-order valence-electron chi connectivity index (χ1n) is 7.66. The number of urea groups is 1. The predicted octanol–water partition coefficient (Wildman–Crippen LogP) is 3.24. The molecule has 24 heavy (non-hydrogen) atoms. The lowest BCUT2D eigenvalue weighted by Crippen LogP contribution is -2.36. The van der Waals surface area contributed by atoms with Crippen LogP contribution in [0.25, 0.3) is 11.1 Å². The molecule has 0 aliphatic heterocycles. The highest BCUT2D eigenvalue weighted by Crippen LogP contribution is 2.23. The summed E-state index contributed by atoms with van der Waals surface area (Å²) in [5.41, 5.74) is 2.87. The Balaban J connectivity index is 2.07. The highest BCUT2D eigenvalue weighted by atomic mass is 16.4. The molecule has 1 atom stereocenters. The summed E-state index contributed by atoms with van der Waals surface area (Å²) in [6.07, 6.45) is 0. The van der Waals surface area contributed by atoms with Crippen molar-refractivity contribution in [2.75, 3.05) is 18.9 Å². The second-order valence-electron chi connectivity index (χ2n) is 5.75. The summed E-state index contributed by atoms with van der Waals surface area (Å²) in [5.74, 6) is -1.13. The molecular weight excluding hydrogens is 306 g/mol. The molecule has 1 unspecified atom stereocenters. The Hall–Kier alpha value is -2.89. The van der Waals surface area contributed by atoms with E-state index in [2.05, 4.69) is 10.3 Å². The lowest BCUT2D eigenvalue weighted by Gasteiger charge is -2.20. The molecule has 0 saturated carbocycles. The molecule has 2 amide bonds. The van der Waals surface area contributed by atoms with Gasteiger partial charge in [-0.15, -0.1) is 0 Å². The average molecular weight is 327 g/mol. The van der Waals surface area contributed by atoms with Gasteiger partial charge < -0.3 is 10.0 Å². The number of nitrogens with one attached hydrogen (secondary N) is 1. The molecule has 126 valence electrons. The first-order valence-corrected chi connectivity index (χ1v) is 7.66. The van der Waals surface area contributed by atoms with Crippen molar-refractivity contribution < 1.29 is 14.7 Å². The number of amides is 2. The molecule has 2 rings (SSSR count). The number of hydrogen-bond acceptors (Lipinski definition) is 3. The number of anilines is 1. The Kier molecular flexibility index (Phi) is 5.52. The van der Waals surface area contributed by atoms with E-state index in [9.17, 15) is 9.59 Å².